The highest BCUT2D eigenvalue weighted by atomic mass is 16.4. The predicted octanol–water partition coefficient (Wildman–Crippen LogP) is 4.17. The van der Waals surface area contributed by atoms with Gasteiger partial charge in [-0.2, -0.15) is 0 Å². The predicted molar refractivity (Wildman–Crippen MR) is 115 cm³/mol. The van der Waals surface area contributed by atoms with Crippen molar-refractivity contribution in [3.05, 3.63) is 87.3 Å². The zero-order valence-electron chi connectivity index (χ0n) is 16.3. The Labute approximate surface area is 172 Å². The number of allylic oxidation sites excluding steroid dienone is 1. The van der Waals surface area contributed by atoms with E-state index in [0.29, 0.717) is 34.4 Å². The second kappa shape index (κ2) is 7.83. The number of nitrogens with one attached hydrogen (secondary N) is 1. The van der Waals surface area contributed by atoms with Crippen molar-refractivity contribution in [1.29, 1.82) is 0 Å². The van der Waals surface area contributed by atoms with E-state index in [9.17, 15) is 14.4 Å². The Morgan fingerprint density at radius 2 is 1.83 bits per heavy atom. The first-order valence-electron chi connectivity index (χ1n) is 9.50. The lowest BCUT2D eigenvalue weighted by Crippen LogP contribution is -2.11. The molecule has 0 bridgehead atoms. The van der Waals surface area contributed by atoms with E-state index in [4.69, 9.17) is 9.52 Å². The molecule has 4 rings (SSSR count). The van der Waals surface area contributed by atoms with Gasteiger partial charge >= 0.3 is 5.97 Å². The van der Waals surface area contributed by atoms with Gasteiger partial charge in [-0.15, -0.1) is 0 Å². The first-order chi connectivity index (χ1) is 14.4. The monoisotopic (exact) mass is 401 g/mol. The van der Waals surface area contributed by atoms with Crippen molar-refractivity contribution in [2.45, 2.75) is 19.8 Å². The summed E-state index contributed by atoms with van der Waals surface area (Å²) in [6.45, 7) is 2.03. The fourth-order valence-electron chi connectivity index (χ4n) is 3.50. The molecule has 0 saturated heterocycles. The van der Waals surface area contributed by atoms with E-state index in [2.05, 4.69) is 5.32 Å². The number of benzene rings is 2. The van der Waals surface area contributed by atoms with Crippen molar-refractivity contribution in [1.82, 2.24) is 0 Å². The quantitative estimate of drug-likeness (QED) is 0.640. The molecule has 1 heterocycles. The third-order valence-electron chi connectivity index (χ3n) is 4.99. The van der Waals surface area contributed by atoms with E-state index in [0.717, 1.165) is 29.7 Å². The van der Waals surface area contributed by atoms with Crippen LogP contribution in [0, 0.1) is 6.92 Å². The molecule has 30 heavy (non-hydrogen) atoms. The summed E-state index contributed by atoms with van der Waals surface area (Å²) < 4.78 is 6.08. The van der Waals surface area contributed by atoms with E-state index < -0.39 is 11.9 Å². The molecule has 6 nitrogen and oxygen atoms in total. The zero-order valence-corrected chi connectivity index (χ0v) is 16.3. The number of fused-ring (bicyclic) bond motifs is 2. The van der Waals surface area contributed by atoms with Gasteiger partial charge in [0.05, 0.1) is 5.39 Å². The smallest absolute Gasteiger partial charge is 0.328 e. The number of amides is 1. The zero-order chi connectivity index (χ0) is 21.3. The summed E-state index contributed by atoms with van der Waals surface area (Å²) in [6, 6.07) is 12.9. The van der Waals surface area contributed by atoms with Crippen LogP contribution in [0.25, 0.3) is 22.6 Å². The Kier molecular flexibility index (Phi) is 5.06. The average molecular weight is 401 g/mol. The molecule has 1 aliphatic carbocycles. The number of aliphatic carboxylic acids is 1. The number of carboxylic acids is 1. The molecule has 0 fully saturated rings. The molecule has 1 amide bonds. The van der Waals surface area contributed by atoms with E-state index in [1.54, 1.807) is 18.2 Å². The third kappa shape index (κ3) is 3.93. The number of aryl methyl sites for hydroxylation is 1. The number of carboxylic acid groups (broad SMARTS) is 1. The van der Waals surface area contributed by atoms with Crippen LogP contribution in [0.2, 0.25) is 0 Å². The van der Waals surface area contributed by atoms with Crippen LogP contribution in [-0.2, 0) is 16.0 Å². The van der Waals surface area contributed by atoms with Crippen LogP contribution in [0.4, 0.5) is 5.69 Å². The van der Waals surface area contributed by atoms with Gasteiger partial charge in [0, 0.05) is 29.5 Å². The number of carbonyl (C=O) groups is 2. The highest BCUT2D eigenvalue weighted by Gasteiger charge is 2.24. The lowest BCUT2D eigenvalue weighted by molar-refractivity contribution is -0.131. The van der Waals surface area contributed by atoms with Crippen molar-refractivity contribution in [3.63, 3.8) is 0 Å². The third-order valence-corrected chi connectivity index (χ3v) is 4.99. The standard InChI is InChI=1S/C24H19NO5/c1-14-2-4-15(5-3-14)12-16-6-8-19-23(29)18-9-7-17(13-20(18)30-24(16)19)25-21(26)10-11-22(27)28/h2-5,7,9-13H,6,8H2,1H3,(H,25,26)(H,27,28)/b11-10+,16-12+. The van der Waals surface area contributed by atoms with Crippen LogP contribution in [-0.4, -0.2) is 17.0 Å². The number of rotatable bonds is 4. The number of anilines is 1. The molecule has 1 aromatic heterocycles. The Morgan fingerprint density at radius 1 is 1.07 bits per heavy atom. The van der Waals surface area contributed by atoms with Crippen LogP contribution < -0.4 is 10.7 Å². The van der Waals surface area contributed by atoms with Gasteiger partial charge in [-0.25, -0.2) is 4.79 Å². The SMILES string of the molecule is Cc1ccc(/C=C2\CCc3c2oc2cc(NC(=O)/C=C/C(=O)O)ccc2c3=O)cc1. The fraction of sp³-hybridized carbons (Fsp3) is 0.125. The summed E-state index contributed by atoms with van der Waals surface area (Å²) >= 11 is 0. The summed E-state index contributed by atoms with van der Waals surface area (Å²) in [5.41, 5.74) is 4.56. The molecule has 0 unspecified atom stereocenters. The summed E-state index contributed by atoms with van der Waals surface area (Å²) in [5, 5.41) is 11.6. The van der Waals surface area contributed by atoms with Crippen LogP contribution in [0.3, 0.4) is 0 Å². The maximum Gasteiger partial charge on any atom is 0.328 e. The molecule has 3 aromatic rings. The maximum absolute atomic E-state index is 12.9. The largest absolute Gasteiger partial charge is 0.478 e. The molecule has 2 aromatic carbocycles. The normalized spacial score (nSPS) is 14.4. The van der Waals surface area contributed by atoms with Crippen molar-refractivity contribution >= 4 is 40.2 Å². The number of hydrogen-bond donors (Lipinski definition) is 2. The van der Waals surface area contributed by atoms with Gasteiger partial charge in [-0.3, -0.25) is 9.59 Å². The molecular formula is C24H19NO5. The van der Waals surface area contributed by atoms with Crippen LogP contribution in [0.5, 0.6) is 0 Å². The van der Waals surface area contributed by atoms with Crippen molar-refractivity contribution in [2.24, 2.45) is 0 Å². The molecule has 6 heteroatoms. The van der Waals surface area contributed by atoms with Gasteiger partial charge in [0.1, 0.15) is 11.3 Å². The van der Waals surface area contributed by atoms with E-state index >= 15 is 0 Å². The minimum Gasteiger partial charge on any atom is -0.478 e. The van der Waals surface area contributed by atoms with Gasteiger partial charge < -0.3 is 14.8 Å². The Morgan fingerprint density at radius 3 is 2.57 bits per heavy atom. The van der Waals surface area contributed by atoms with Gasteiger partial charge in [-0.05, 0) is 49.1 Å². The van der Waals surface area contributed by atoms with Gasteiger partial charge in [0.25, 0.3) is 0 Å². The van der Waals surface area contributed by atoms with Crippen LogP contribution in [0.15, 0.2) is 63.8 Å². The van der Waals surface area contributed by atoms with Crippen molar-refractivity contribution in [3.8, 4) is 0 Å². The first kappa shape index (κ1) is 19.4. The second-order valence-electron chi connectivity index (χ2n) is 7.19. The van der Waals surface area contributed by atoms with E-state index in [-0.39, 0.29) is 5.43 Å². The topological polar surface area (TPSA) is 96.6 Å². The lowest BCUT2D eigenvalue weighted by Gasteiger charge is -2.07. The maximum atomic E-state index is 12.9. The molecular weight excluding hydrogens is 382 g/mol. The Bertz CT molecular complexity index is 1280. The molecule has 150 valence electrons. The molecule has 0 aliphatic heterocycles. The highest BCUT2D eigenvalue weighted by molar-refractivity contribution is 6.03. The van der Waals surface area contributed by atoms with Crippen molar-refractivity contribution < 1.29 is 19.1 Å². The first-order valence-corrected chi connectivity index (χ1v) is 9.50. The Balaban J connectivity index is 1.71. The minimum atomic E-state index is -1.21. The van der Waals surface area contributed by atoms with Gasteiger partial charge in [-0.1, -0.05) is 29.8 Å². The summed E-state index contributed by atoms with van der Waals surface area (Å²) in [6.07, 6.45) is 5.06. The number of hydrogen-bond acceptors (Lipinski definition) is 4. The summed E-state index contributed by atoms with van der Waals surface area (Å²) in [4.78, 5) is 35.3. The summed E-state index contributed by atoms with van der Waals surface area (Å²) in [7, 11) is 0. The number of carbonyl (C=O) groups excluding carboxylic acids is 1. The fourth-order valence-corrected chi connectivity index (χ4v) is 3.50. The molecule has 0 atom stereocenters. The van der Waals surface area contributed by atoms with Crippen molar-refractivity contribution in [2.75, 3.05) is 5.32 Å². The van der Waals surface area contributed by atoms with Crippen LogP contribution >= 0.6 is 0 Å². The second-order valence-corrected chi connectivity index (χ2v) is 7.19. The molecule has 1 aliphatic rings. The minimum absolute atomic E-state index is 0.0674. The lowest BCUT2D eigenvalue weighted by atomic mass is 10.1. The van der Waals surface area contributed by atoms with Gasteiger partial charge in [0.2, 0.25) is 5.91 Å². The highest BCUT2D eigenvalue weighted by Crippen LogP contribution is 2.34. The molecule has 0 spiro atoms. The van der Waals surface area contributed by atoms with Gasteiger partial charge in [0.15, 0.2) is 5.43 Å². The van der Waals surface area contributed by atoms with E-state index in [1.807, 2.05) is 37.3 Å². The summed E-state index contributed by atoms with van der Waals surface area (Å²) in [5.74, 6) is -1.21. The molecule has 2 N–H and O–H groups in total. The average Bonchev–Trinajstić information content (AvgIpc) is 3.11. The van der Waals surface area contributed by atoms with E-state index in [1.165, 1.54) is 5.56 Å². The Hall–Kier alpha value is -3.93. The molecule has 0 saturated carbocycles. The molecule has 0 radical (unpaired) electrons. The van der Waals surface area contributed by atoms with Crippen LogP contribution in [0.1, 0.15) is 28.9 Å².